The molecule has 0 saturated heterocycles. The second kappa shape index (κ2) is 6.04. The predicted molar refractivity (Wildman–Crippen MR) is 90.4 cm³/mol. The molecule has 2 aromatic carbocycles. The van der Waals surface area contributed by atoms with Crippen molar-refractivity contribution in [2.75, 3.05) is 12.4 Å². The molecule has 1 aromatic heterocycles. The number of aromatic nitrogens is 1. The number of fused-ring (bicyclic) bond motifs is 1. The molecule has 0 aliphatic carbocycles. The van der Waals surface area contributed by atoms with Crippen molar-refractivity contribution in [3.63, 3.8) is 0 Å². The number of nitriles is 1. The van der Waals surface area contributed by atoms with Gasteiger partial charge in [0.1, 0.15) is 17.3 Å². The maximum atomic E-state index is 9.37. The SMILES string of the molecule is COc1cccc2c(Nc3cccc(Br)c3)c(C#N)cnc12. The Labute approximate surface area is 136 Å². The maximum Gasteiger partial charge on any atom is 0.145 e. The molecule has 1 heterocycles. The van der Waals surface area contributed by atoms with Crippen LogP contribution in [0, 0.1) is 11.3 Å². The first kappa shape index (κ1) is 14.4. The summed E-state index contributed by atoms with van der Waals surface area (Å²) in [5.74, 6) is 0.680. The van der Waals surface area contributed by atoms with Crippen molar-refractivity contribution < 1.29 is 4.74 Å². The van der Waals surface area contributed by atoms with Crippen LogP contribution in [0.3, 0.4) is 0 Å². The molecule has 0 aliphatic rings. The molecule has 3 aromatic rings. The number of para-hydroxylation sites is 1. The molecule has 0 aliphatic heterocycles. The van der Waals surface area contributed by atoms with E-state index in [2.05, 4.69) is 32.3 Å². The molecule has 22 heavy (non-hydrogen) atoms. The quantitative estimate of drug-likeness (QED) is 0.746. The van der Waals surface area contributed by atoms with E-state index in [0.29, 0.717) is 11.3 Å². The molecular formula is C17H12BrN3O. The number of hydrogen-bond acceptors (Lipinski definition) is 4. The number of pyridine rings is 1. The number of benzene rings is 2. The Balaban J connectivity index is 2.20. The molecule has 0 unspecified atom stereocenters. The van der Waals surface area contributed by atoms with E-state index in [9.17, 15) is 5.26 Å². The van der Waals surface area contributed by atoms with Crippen molar-refractivity contribution in [2.24, 2.45) is 0 Å². The van der Waals surface area contributed by atoms with Gasteiger partial charge in [-0.05, 0) is 24.3 Å². The number of halogens is 1. The molecule has 0 amide bonds. The lowest BCUT2D eigenvalue weighted by atomic mass is 10.1. The summed E-state index contributed by atoms with van der Waals surface area (Å²) in [6.07, 6.45) is 1.56. The van der Waals surface area contributed by atoms with Gasteiger partial charge in [-0.25, -0.2) is 0 Å². The van der Waals surface area contributed by atoms with Gasteiger partial charge in [0.25, 0.3) is 0 Å². The average Bonchev–Trinajstić information content (AvgIpc) is 2.54. The number of hydrogen-bond donors (Lipinski definition) is 1. The van der Waals surface area contributed by atoms with Gasteiger partial charge in [0.2, 0.25) is 0 Å². The third-order valence-corrected chi connectivity index (χ3v) is 3.79. The zero-order chi connectivity index (χ0) is 15.5. The van der Waals surface area contributed by atoms with Gasteiger partial charge in [-0.2, -0.15) is 5.26 Å². The Morgan fingerprint density at radius 1 is 1.23 bits per heavy atom. The van der Waals surface area contributed by atoms with E-state index in [1.165, 1.54) is 0 Å². The Morgan fingerprint density at radius 2 is 2.05 bits per heavy atom. The molecule has 1 N–H and O–H groups in total. The van der Waals surface area contributed by atoms with Gasteiger partial charge in [-0.15, -0.1) is 0 Å². The number of nitrogens with one attached hydrogen (secondary N) is 1. The van der Waals surface area contributed by atoms with Crippen LogP contribution >= 0.6 is 15.9 Å². The van der Waals surface area contributed by atoms with Gasteiger partial charge in [-0.3, -0.25) is 4.98 Å². The van der Waals surface area contributed by atoms with Crippen LogP contribution in [0.15, 0.2) is 53.1 Å². The largest absolute Gasteiger partial charge is 0.494 e. The lowest BCUT2D eigenvalue weighted by Crippen LogP contribution is -1.98. The molecular weight excluding hydrogens is 342 g/mol. The van der Waals surface area contributed by atoms with Crippen LogP contribution in [0.25, 0.3) is 10.9 Å². The van der Waals surface area contributed by atoms with Crippen LogP contribution in [0.5, 0.6) is 5.75 Å². The summed E-state index contributed by atoms with van der Waals surface area (Å²) >= 11 is 3.45. The fraction of sp³-hybridized carbons (Fsp3) is 0.0588. The summed E-state index contributed by atoms with van der Waals surface area (Å²) in [6, 6.07) is 15.6. The van der Waals surface area contributed by atoms with Crippen LogP contribution in [0.1, 0.15) is 5.56 Å². The zero-order valence-corrected chi connectivity index (χ0v) is 13.4. The number of rotatable bonds is 3. The lowest BCUT2D eigenvalue weighted by molar-refractivity contribution is 0.419. The Hall–Kier alpha value is -2.58. The highest BCUT2D eigenvalue weighted by molar-refractivity contribution is 9.10. The first-order valence-electron chi connectivity index (χ1n) is 6.61. The van der Waals surface area contributed by atoms with E-state index >= 15 is 0 Å². The highest BCUT2D eigenvalue weighted by atomic mass is 79.9. The van der Waals surface area contributed by atoms with Crippen molar-refractivity contribution >= 4 is 38.2 Å². The number of methoxy groups -OCH3 is 1. The predicted octanol–water partition coefficient (Wildman–Crippen LogP) is 4.62. The molecule has 0 spiro atoms. The van der Waals surface area contributed by atoms with Crippen LogP contribution in [0.4, 0.5) is 11.4 Å². The molecule has 0 radical (unpaired) electrons. The van der Waals surface area contributed by atoms with Gasteiger partial charge in [0.15, 0.2) is 0 Å². The summed E-state index contributed by atoms with van der Waals surface area (Å²) in [4.78, 5) is 4.35. The van der Waals surface area contributed by atoms with Crippen molar-refractivity contribution in [2.45, 2.75) is 0 Å². The molecule has 3 rings (SSSR count). The summed E-state index contributed by atoms with van der Waals surface area (Å²) in [5.41, 5.74) is 2.83. The van der Waals surface area contributed by atoms with Crippen LogP contribution < -0.4 is 10.1 Å². The molecule has 0 bridgehead atoms. The third kappa shape index (κ3) is 2.61. The van der Waals surface area contributed by atoms with E-state index in [0.717, 1.165) is 26.8 Å². The van der Waals surface area contributed by atoms with Crippen molar-refractivity contribution in [1.82, 2.24) is 4.98 Å². The molecule has 4 nitrogen and oxygen atoms in total. The van der Waals surface area contributed by atoms with Gasteiger partial charge in [0.05, 0.1) is 18.4 Å². The highest BCUT2D eigenvalue weighted by Gasteiger charge is 2.12. The van der Waals surface area contributed by atoms with E-state index in [-0.39, 0.29) is 0 Å². The lowest BCUT2D eigenvalue weighted by Gasteiger charge is -2.13. The van der Waals surface area contributed by atoms with Crippen LogP contribution in [0.2, 0.25) is 0 Å². The van der Waals surface area contributed by atoms with E-state index in [4.69, 9.17) is 4.74 Å². The van der Waals surface area contributed by atoms with Crippen molar-refractivity contribution in [3.05, 3.63) is 58.7 Å². The number of anilines is 2. The Kier molecular flexibility index (Phi) is 3.94. The standard InChI is InChI=1S/C17H12BrN3O/c1-22-15-7-3-6-14-16(11(9-19)10-20-17(14)15)21-13-5-2-4-12(18)8-13/h2-8,10H,1H3,(H,20,21). The van der Waals surface area contributed by atoms with Gasteiger partial charge < -0.3 is 10.1 Å². The highest BCUT2D eigenvalue weighted by Crippen LogP contribution is 2.33. The maximum absolute atomic E-state index is 9.37. The number of ether oxygens (including phenoxy) is 1. The van der Waals surface area contributed by atoms with Gasteiger partial charge in [-0.1, -0.05) is 34.1 Å². The van der Waals surface area contributed by atoms with Crippen molar-refractivity contribution in [3.8, 4) is 11.8 Å². The fourth-order valence-electron chi connectivity index (χ4n) is 2.29. The fourth-order valence-corrected chi connectivity index (χ4v) is 2.69. The second-order valence-electron chi connectivity index (χ2n) is 4.65. The molecule has 5 heteroatoms. The van der Waals surface area contributed by atoms with Crippen LogP contribution in [-0.2, 0) is 0 Å². The monoisotopic (exact) mass is 353 g/mol. The normalized spacial score (nSPS) is 10.2. The van der Waals surface area contributed by atoms with Gasteiger partial charge >= 0.3 is 0 Å². The first-order valence-corrected chi connectivity index (χ1v) is 7.40. The molecule has 0 atom stereocenters. The molecule has 0 saturated carbocycles. The van der Waals surface area contributed by atoms with Crippen molar-refractivity contribution in [1.29, 1.82) is 5.26 Å². The topological polar surface area (TPSA) is 57.9 Å². The first-order chi connectivity index (χ1) is 10.7. The third-order valence-electron chi connectivity index (χ3n) is 3.29. The average molecular weight is 354 g/mol. The number of nitrogens with zero attached hydrogens (tertiary/aromatic N) is 2. The zero-order valence-electron chi connectivity index (χ0n) is 11.8. The Bertz CT molecular complexity index is 887. The van der Waals surface area contributed by atoms with E-state index < -0.39 is 0 Å². The summed E-state index contributed by atoms with van der Waals surface area (Å²) in [6.45, 7) is 0. The minimum absolute atomic E-state index is 0.487. The Morgan fingerprint density at radius 3 is 2.77 bits per heavy atom. The van der Waals surface area contributed by atoms with E-state index in [1.54, 1.807) is 13.3 Å². The second-order valence-corrected chi connectivity index (χ2v) is 5.57. The summed E-state index contributed by atoms with van der Waals surface area (Å²) in [7, 11) is 1.61. The summed E-state index contributed by atoms with van der Waals surface area (Å²) < 4.78 is 6.31. The molecule has 0 fully saturated rings. The molecule has 108 valence electrons. The minimum Gasteiger partial charge on any atom is -0.494 e. The van der Waals surface area contributed by atoms with Gasteiger partial charge in [0, 0.05) is 21.7 Å². The van der Waals surface area contributed by atoms with E-state index in [1.807, 2.05) is 42.5 Å². The van der Waals surface area contributed by atoms with Crippen LogP contribution in [-0.4, -0.2) is 12.1 Å². The summed E-state index contributed by atoms with van der Waals surface area (Å²) in [5, 5.41) is 13.5. The minimum atomic E-state index is 0.487. The smallest absolute Gasteiger partial charge is 0.145 e.